The molecule has 1 atom stereocenters. The molecule has 0 unspecified atom stereocenters. The maximum Gasteiger partial charge on any atom is 0.230 e. The van der Waals surface area contributed by atoms with Gasteiger partial charge in [0.2, 0.25) is 10.8 Å². The summed E-state index contributed by atoms with van der Waals surface area (Å²) in [6.07, 6.45) is 0. The van der Waals surface area contributed by atoms with Crippen molar-refractivity contribution < 1.29 is 5.11 Å². The van der Waals surface area contributed by atoms with Gasteiger partial charge in [0.1, 0.15) is 5.82 Å². The van der Waals surface area contributed by atoms with E-state index in [0.717, 1.165) is 46.7 Å². The van der Waals surface area contributed by atoms with Gasteiger partial charge in [-0.1, -0.05) is 58.8 Å². The molecule has 1 aliphatic heterocycles. The second-order valence-electron chi connectivity index (χ2n) is 7.96. The molecule has 3 heterocycles. The summed E-state index contributed by atoms with van der Waals surface area (Å²) >= 11 is 7.71. The number of benzene rings is 2. The summed E-state index contributed by atoms with van der Waals surface area (Å²) in [6, 6.07) is 16.5. The van der Waals surface area contributed by atoms with Crippen molar-refractivity contribution in [3.8, 4) is 5.88 Å². The molecule has 1 N–H and O–H groups in total. The highest BCUT2D eigenvalue weighted by atomic mass is 35.5. The van der Waals surface area contributed by atoms with E-state index in [-0.39, 0.29) is 11.9 Å². The van der Waals surface area contributed by atoms with Gasteiger partial charge in [0.05, 0.1) is 10.9 Å². The van der Waals surface area contributed by atoms with Crippen LogP contribution in [0.25, 0.3) is 4.96 Å². The molecule has 1 aliphatic rings. The monoisotopic (exact) mass is 453 g/mol. The predicted octanol–water partition coefficient (Wildman–Crippen LogP) is 4.68. The van der Waals surface area contributed by atoms with Crippen LogP contribution in [-0.2, 0) is 0 Å². The number of aromatic hydroxyl groups is 1. The molecule has 6 nitrogen and oxygen atoms in total. The molecule has 0 amide bonds. The smallest absolute Gasteiger partial charge is 0.230 e. The Hall–Kier alpha value is -2.61. The van der Waals surface area contributed by atoms with Gasteiger partial charge in [0, 0.05) is 36.9 Å². The van der Waals surface area contributed by atoms with Crippen molar-refractivity contribution in [3.05, 3.63) is 75.4 Å². The molecule has 31 heavy (non-hydrogen) atoms. The molecule has 0 radical (unpaired) electrons. The van der Waals surface area contributed by atoms with Crippen molar-refractivity contribution in [1.29, 1.82) is 0 Å². The highest BCUT2D eigenvalue weighted by molar-refractivity contribution is 7.17. The number of hydrogen-bond acceptors (Lipinski definition) is 6. The van der Waals surface area contributed by atoms with E-state index in [1.54, 1.807) is 4.52 Å². The van der Waals surface area contributed by atoms with Gasteiger partial charge in [-0.05, 0) is 37.6 Å². The van der Waals surface area contributed by atoms with Crippen LogP contribution in [0.1, 0.15) is 27.9 Å². The molecule has 1 saturated heterocycles. The molecule has 160 valence electrons. The number of anilines is 1. The molecule has 0 saturated carbocycles. The minimum absolute atomic E-state index is 0.0461. The predicted molar refractivity (Wildman–Crippen MR) is 126 cm³/mol. The van der Waals surface area contributed by atoms with Crippen molar-refractivity contribution in [3.63, 3.8) is 0 Å². The SMILES string of the molecule is Cc1cccc([C@H](c2sc3nc(C)nn3c2O)N2CCN(c3cccc(Cl)c3)CC2)c1. The van der Waals surface area contributed by atoms with Gasteiger partial charge in [-0.15, -0.1) is 5.10 Å². The standard InChI is InChI=1S/C23H24ClN5OS/c1-15-5-3-6-17(13-15)20(21-22(30)29-23(31-21)25-16(2)26-29)28-11-9-27(10-12-28)19-8-4-7-18(24)14-19/h3-8,13-14,20,30H,9-12H2,1-2H3/t20-/m1/s1. The number of thiazole rings is 1. The third-order valence-electron chi connectivity index (χ3n) is 5.76. The zero-order chi connectivity index (χ0) is 21.5. The summed E-state index contributed by atoms with van der Waals surface area (Å²) < 4.78 is 1.56. The average molecular weight is 454 g/mol. The maximum atomic E-state index is 11.0. The van der Waals surface area contributed by atoms with Gasteiger partial charge in [-0.3, -0.25) is 4.90 Å². The quantitative estimate of drug-likeness (QED) is 0.486. The lowest BCUT2D eigenvalue weighted by Gasteiger charge is -2.40. The number of fused-ring (bicyclic) bond motifs is 1. The van der Waals surface area contributed by atoms with E-state index in [1.165, 1.54) is 22.5 Å². The van der Waals surface area contributed by atoms with Crippen LogP contribution in [0.15, 0.2) is 48.5 Å². The van der Waals surface area contributed by atoms with Crippen molar-refractivity contribution >= 4 is 33.6 Å². The summed E-state index contributed by atoms with van der Waals surface area (Å²) in [6.45, 7) is 7.47. The van der Waals surface area contributed by atoms with Gasteiger partial charge >= 0.3 is 0 Å². The molecule has 4 aromatic rings. The number of halogens is 1. The lowest BCUT2D eigenvalue weighted by molar-refractivity contribution is 0.211. The molecule has 1 fully saturated rings. The van der Waals surface area contributed by atoms with Crippen molar-refractivity contribution in [2.45, 2.75) is 19.9 Å². The zero-order valence-corrected chi connectivity index (χ0v) is 19.1. The van der Waals surface area contributed by atoms with E-state index in [4.69, 9.17) is 11.6 Å². The first-order valence-electron chi connectivity index (χ1n) is 10.4. The third kappa shape index (κ3) is 3.89. The molecule has 0 spiro atoms. The van der Waals surface area contributed by atoms with Crippen LogP contribution >= 0.6 is 22.9 Å². The van der Waals surface area contributed by atoms with Crippen LogP contribution in [0.2, 0.25) is 5.02 Å². The van der Waals surface area contributed by atoms with Gasteiger partial charge < -0.3 is 10.0 Å². The third-order valence-corrected chi connectivity index (χ3v) is 7.07. The second-order valence-corrected chi connectivity index (χ2v) is 9.41. The highest BCUT2D eigenvalue weighted by Crippen LogP contribution is 2.40. The first kappa shape index (κ1) is 20.3. The summed E-state index contributed by atoms with van der Waals surface area (Å²) in [5, 5.41) is 16.1. The molecule has 0 aliphatic carbocycles. The fraction of sp³-hybridized carbons (Fsp3) is 0.304. The summed E-state index contributed by atoms with van der Waals surface area (Å²) in [5.41, 5.74) is 3.53. The van der Waals surface area contributed by atoms with Gasteiger partial charge in [-0.25, -0.2) is 4.98 Å². The Morgan fingerprint density at radius 3 is 2.52 bits per heavy atom. The van der Waals surface area contributed by atoms with E-state index in [1.807, 2.05) is 25.1 Å². The minimum Gasteiger partial charge on any atom is -0.492 e. The Bertz CT molecular complexity index is 1230. The van der Waals surface area contributed by atoms with Crippen LogP contribution in [-0.4, -0.2) is 50.8 Å². The largest absolute Gasteiger partial charge is 0.492 e. The van der Waals surface area contributed by atoms with Crippen LogP contribution in [0.3, 0.4) is 0 Å². The van der Waals surface area contributed by atoms with E-state index in [2.05, 4.69) is 57.1 Å². The first-order valence-corrected chi connectivity index (χ1v) is 11.6. The zero-order valence-electron chi connectivity index (χ0n) is 17.5. The van der Waals surface area contributed by atoms with Gasteiger partial charge in [-0.2, -0.15) is 4.52 Å². The van der Waals surface area contributed by atoms with Crippen molar-refractivity contribution in [2.75, 3.05) is 31.1 Å². The average Bonchev–Trinajstić information content (AvgIpc) is 3.26. The molecular weight excluding hydrogens is 430 g/mol. The Morgan fingerprint density at radius 1 is 1.03 bits per heavy atom. The van der Waals surface area contributed by atoms with E-state index in [0.29, 0.717) is 5.82 Å². The molecule has 8 heteroatoms. The number of rotatable bonds is 4. The molecule has 2 aromatic heterocycles. The van der Waals surface area contributed by atoms with E-state index in [9.17, 15) is 5.11 Å². The molecule has 2 aromatic carbocycles. The van der Waals surface area contributed by atoms with Gasteiger partial charge in [0.15, 0.2) is 0 Å². The second kappa shape index (κ2) is 8.15. The van der Waals surface area contributed by atoms with Crippen LogP contribution in [0.5, 0.6) is 5.88 Å². The molecular formula is C23H24ClN5OS. The normalized spacial score (nSPS) is 16.2. The highest BCUT2D eigenvalue weighted by Gasteiger charge is 2.31. The first-order chi connectivity index (χ1) is 15.0. The van der Waals surface area contributed by atoms with E-state index < -0.39 is 0 Å². The van der Waals surface area contributed by atoms with Crippen molar-refractivity contribution in [2.24, 2.45) is 0 Å². The Morgan fingerprint density at radius 2 is 1.81 bits per heavy atom. The number of nitrogens with zero attached hydrogens (tertiary/aromatic N) is 5. The maximum absolute atomic E-state index is 11.0. The van der Waals surface area contributed by atoms with E-state index >= 15 is 0 Å². The summed E-state index contributed by atoms with van der Waals surface area (Å²) in [5.74, 6) is 0.847. The van der Waals surface area contributed by atoms with Crippen LogP contribution in [0, 0.1) is 13.8 Å². The Kier molecular flexibility index (Phi) is 5.33. The molecule has 5 rings (SSSR count). The van der Waals surface area contributed by atoms with Crippen molar-refractivity contribution in [1.82, 2.24) is 19.5 Å². The summed E-state index contributed by atoms with van der Waals surface area (Å²) in [7, 11) is 0. The lowest BCUT2D eigenvalue weighted by Crippen LogP contribution is -2.47. The number of hydrogen-bond donors (Lipinski definition) is 1. The topological polar surface area (TPSA) is 56.9 Å². The fourth-order valence-electron chi connectivity index (χ4n) is 4.31. The summed E-state index contributed by atoms with van der Waals surface area (Å²) in [4.78, 5) is 10.9. The Balaban J connectivity index is 1.48. The number of aryl methyl sites for hydroxylation is 2. The minimum atomic E-state index is -0.0461. The lowest BCUT2D eigenvalue weighted by atomic mass is 10.0. The Labute approximate surface area is 190 Å². The number of piperazine rings is 1. The fourth-order valence-corrected chi connectivity index (χ4v) is 5.65. The number of aromatic nitrogens is 3. The van der Waals surface area contributed by atoms with Crippen LogP contribution < -0.4 is 4.90 Å². The van der Waals surface area contributed by atoms with Crippen LogP contribution in [0.4, 0.5) is 5.69 Å². The van der Waals surface area contributed by atoms with Gasteiger partial charge in [0.25, 0.3) is 0 Å². The molecule has 0 bridgehead atoms.